The standard InChI is InChI=1S/C21H21ClF3N5O2/c1-12(17-18(21(23,24)25)28-29-19(17)22)30(2)10-9-13-3-6-15(7-4-13)32-16-8-5-14(11-27-16)20(26)31/h3-8,11-12H,9-10H2,1-2H3,(H2,26,31)(H,28,29). The lowest BCUT2D eigenvalue weighted by molar-refractivity contribution is -0.142. The van der Waals surface area contributed by atoms with E-state index in [1.165, 1.54) is 12.3 Å². The van der Waals surface area contributed by atoms with Crippen LogP contribution in [-0.4, -0.2) is 39.6 Å². The molecule has 3 N–H and O–H groups in total. The largest absolute Gasteiger partial charge is 0.439 e. The maximum atomic E-state index is 13.2. The smallest absolute Gasteiger partial charge is 0.435 e. The Morgan fingerprint density at radius 3 is 2.50 bits per heavy atom. The Bertz CT molecular complexity index is 1070. The number of ether oxygens (including phenoxy) is 1. The summed E-state index contributed by atoms with van der Waals surface area (Å²) in [5.74, 6) is 0.293. The van der Waals surface area contributed by atoms with Gasteiger partial charge in [-0.25, -0.2) is 4.98 Å². The van der Waals surface area contributed by atoms with E-state index in [1.54, 1.807) is 37.1 Å². The van der Waals surface area contributed by atoms with Gasteiger partial charge in [0.2, 0.25) is 11.8 Å². The van der Waals surface area contributed by atoms with Gasteiger partial charge in [-0.1, -0.05) is 23.7 Å². The number of halogens is 4. The molecule has 1 atom stereocenters. The number of aromatic nitrogens is 3. The first-order valence-corrected chi connectivity index (χ1v) is 9.98. The van der Waals surface area contributed by atoms with Crippen molar-refractivity contribution in [3.05, 3.63) is 70.1 Å². The Morgan fingerprint density at radius 2 is 1.94 bits per heavy atom. The number of nitrogens with two attached hydrogens (primary N) is 1. The second kappa shape index (κ2) is 9.58. The Kier molecular flexibility index (Phi) is 7.05. The molecule has 0 aliphatic carbocycles. The highest BCUT2D eigenvalue weighted by Crippen LogP contribution is 2.37. The molecule has 0 radical (unpaired) electrons. The number of alkyl halides is 3. The monoisotopic (exact) mass is 467 g/mol. The number of hydrogen-bond donors (Lipinski definition) is 2. The van der Waals surface area contributed by atoms with Crippen LogP contribution in [-0.2, 0) is 12.6 Å². The van der Waals surface area contributed by atoms with Gasteiger partial charge < -0.3 is 10.5 Å². The molecule has 3 aromatic rings. The highest BCUT2D eigenvalue weighted by atomic mass is 35.5. The van der Waals surface area contributed by atoms with E-state index in [1.807, 2.05) is 12.1 Å². The second-order valence-corrected chi connectivity index (χ2v) is 7.58. The number of hydrogen-bond acceptors (Lipinski definition) is 5. The van der Waals surface area contributed by atoms with Crippen molar-refractivity contribution in [3.63, 3.8) is 0 Å². The Morgan fingerprint density at radius 1 is 1.25 bits per heavy atom. The van der Waals surface area contributed by atoms with Gasteiger partial charge >= 0.3 is 6.18 Å². The molecular formula is C21H21ClF3N5O2. The number of benzene rings is 1. The van der Waals surface area contributed by atoms with Gasteiger partial charge in [0.15, 0.2) is 5.69 Å². The minimum Gasteiger partial charge on any atom is -0.439 e. The average Bonchev–Trinajstić information content (AvgIpc) is 3.14. The van der Waals surface area contributed by atoms with Crippen molar-refractivity contribution in [2.75, 3.05) is 13.6 Å². The molecule has 3 rings (SSSR count). The van der Waals surface area contributed by atoms with Crippen LogP contribution in [0.15, 0.2) is 42.6 Å². The first-order valence-electron chi connectivity index (χ1n) is 9.60. The number of primary amides is 1. The van der Waals surface area contributed by atoms with Crippen molar-refractivity contribution in [1.29, 1.82) is 0 Å². The molecule has 11 heteroatoms. The maximum absolute atomic E-state index is 13.2. The summed E-state index contributed by atoms with van der Waals surface area (Å²) < 4.78 is 45.2. The van der Waals surface area contributed by atoms with Crippen LogP contribution in [0.2, 0.25) is 5.15 Å². The summed E-state index contributed by atoms with van der Waals surface area (Å²) in [6.45, 7) is 2.15. The van der Waals surface area contributed by atoms with Crippen molar-refractivity contribution in [3.8, 4) is 11.6 Å². The maximum Gasteiger partial charge on any atom is 0.435 e. The summed E-state index contributed by atoms with van der Waals surface area (Å²) >= 11 is 5.93. The first kappa shape index (κ1) is 23.6. The molecule has 0 aliphatic rings. The van der Waals surface area contributed by atoms with E-state index in [4.69, 9.17) is 22.1 Å². The van der Waals surface area contributed by atoms with Crippen LogP contribution in [0.3, 0.4) is 0 Å². The summed E-state index contributed by atoms with van der Waals surface area (Å²) in [5.41, 5.74) is 5.37. The molecule has 2 aromatic heterocycles. The van der Waals surface area contributed by atoms with E-state index in [-0.39, 0.29) is 16.3 Å². The number of nitrogens with zero attached hydrogens (tertiary/aromatic N) is 3. The zero-order valence-corrected chi connectivity index (χ0v) is 18.0. The van der Waals surface area contributed by atoms with E-state index in [0.717, 1.165) is 5.56 Å². The molecule has 1 amide bonds. The number of amides is 1. The van der Waals surface area contributed by atoms with Gasteiger partial charge in [-0.2, -0.15) is 18.3 Å². The number of carbonyl (C=O) groups is 1. The number of rotatable bonds is 8. The molecule has 0 aliphatic heterocycles. The number of aromatic amines is 1. The number of carbonyl (C=O) groups excluding carboxylic acids is 1. The van der Waals surface area contributed by atoms with Gasteiger partial charge in [-0.05, 0) is 44.2 Å². The zero-order chi connectivity index (χ0) is 23.5. The fourth-order valence-corrected chi connectivity index (χ4v) is 3.37. The fourth-order valence-electron chi connectivity index (χ4n) is 3.08. The van der Waals surface area contributed by atoms with E-state index < -0.39 is 23.8 Å². The van der Waals surface area contributed by atoms with Crippen molar-refractivity contribution in [2.45, 2.75) is 25.6 Å². The van der Waals surface area contributed by atoms with Crippen LogP contribution in [0.5, 0.6) is 11.6 Å². The molecule has 0 saturated heterocycles. The highest BCUT2D eigenvalue weighted by molar-refractivity contribution is 6.30. The van der Waals surface area contributed by atoms with Crippen molar-refractivity contribution >= 4 is 17.5 Å². The van der Waals surface area contributed by atoms with Crippen molar-refractivity contribution in [1.82, 2.24) is 20.1 Å². The van der Waals surface area contributed by atoms with E-state index in [2.05, 4.69) is 15.2 Å². The fraction of sp³-hybridized carbons (Fsp3) is 0.286. The van der Waals surface area contributed by atoms with Gasteiger partial charge in [0, 0.05) is 30.4 Å². The number of H-pyrrole nitrogens is 1. The van der Waals surface area contributed by atoms with Crippen LogP contribution in [0.25, 0.3) is 0 Å². The molecular weight excluding hydrogens is 447 g/mol. The SMILES string of the molecule is CC(c1c(C(F)(F)F)n[nH]c1Cl)N(C)CCc1ccc(Oc2ccc(C(N)=O)cn2)cc1. The minimum absolute atomic E-state index is 0.0692. The number of likely N-dealkylation sites (N-methyl/N-ethyl adjacent to an activating group) is 1. The molecule has 0 spiro atoms. The highest BCUT2D eigenvalue weighted by Gasteiger charge is 2.39. The summed E-state index contributed by atoms with van der Waals surface area (Å²) in [7, 11) is 1.73. The lowest BCUT2D eigenvalue weighted by Gasteiger charge is -2.25. The van der Waals surface area contributed by atoms with E-state index >= 15 is 0 Å². The second-order valence-electron chi connectivity index (χ2n) is 7.20. The third-order valence-corrected chi connectivity index (χ3v) is 5.31. The quantitative estimate of drug-likeness (QED) is 0.504. The third kappa shape index (κ3) is 5.57. The molecule has 32 heavy (non-hydrogen) atoms. The van der Waals surface area contributed by atoms with Gasteiger partial charge in [-0.3, -0.25) is 14.8 Å². The minimum atomic E-state index is -4.58. The molecule has 1 aromatic carbocycles. The predicted molar refractivity (Wildman–Crippen MR) is 113 cm³/mol. The Hall–Kier alpha value is -3.11. The summed E-state index contributed by atoms with van der Waals surface area (Å²) in [6, 6.07) is 9.71. The van der Waals surface area contributed by atoms with Crippen LogP contribution in [0.1, 0.15) is 40.1 Å². The van der Waals surface area contributed by atoms with Crippen molar-refractivity contribution in [2.24, 2.45) is 5.73 Å². The summed E-state index contributed by atoms with van der Waals surface area (Å²) in [6.07, 6.45) is -2.65. The number of nitrogens with one attached hydrogen (secondary N) is 1. The van der Waals surface area contributed by atoms with E-state index in [9.17, 15) is 18.0 Å². The molecule has 0 bridgehead atoms. The first-order chi connectivity index (χ1) is 15.1. The molecule has 0 fully saturated rings. The van der Waals surface area contributed by atoms with Crippen molar-refractivity contribution < 1.29 is 22.7 Å². The molecule has 1 unspecified atom stereocenters. The Labute approximate surface area is 187 Å². The van der Waals surface area contributed by atoms with Gasteiger partial charge in [0.25, 0.3) is 0 Å². The molecule has 170 valence electrons. The lowest BCUT2D eigenvalue weighted by Crippen LogP contribution is -2.26. The summed E-state index contributed by atoms with van der Waals surface area (Å²) in [5, 5.41) is 5.42. The van der Waals surface area contributed by atoms with Crippen LogP contribution in [0, 0.1) is 0 Å². The molecule has 2 heterocycles. The Balaban J connectivity index is 1.59. The topological polar surface area (TPSA) is 97.1 Å². The average molecular weight is 468 g/mol. The number of pyridine rings is 1. The van der Waals surface area contributed by atoms with E-state index in [0.29, 0.717) is 24.6 Å². The van der Waals surface area contributed by atoms with Crippen LogP contribution in [0.4, 0.5) is 13.2 Å². The van der Waals surface area contributed by atoms with Crippen LogP contribution < -0.4 is 10.5 Å². The van der Waals surface area contributed by atoms with Crippen LogP contribution >= 0.6 is 11.6 Å². The normalized spacial score (nSPS) is 12.7. The molecule has 0 saturated carbocycles. The lowest BCUT2D eigenvalue weighted by atomic mass is 10.1. The van der Waals surface area contributed by atoms with Gasteiger partial charge in [0.05, 0.1) is 5.56 Å². The van der Waals surface area contributed by atoms with Gasteiger partial charge in [0.1, 0.15) is 10.9 Å². The summed E-state index contributed by atoms with van der Waals surface area (Å²) in [4.78, 5) is 16.9. The molecule has 7 nitrogen and oxygen atoms in total. The zero-order valence-electron chi connectivity index (χ0n) is 17.3. The predicted octanol–water partition coefficient (Wildman–Crippen LogP) is 4.60. The third-order valence-electron chi connectivity index (χ3n) is 5.02. The van der Waals surface area contributed by atoms with Gasteiger partial charge in [-0.15, -0.1) is 0 Å².